The largest absolute Gasteiger partial charge is 0.273 e. The van der Waals surface area contributed by atoms with Crippen LogP contribution in [-0.2, 0) is 16.0 Å². The maximum atomic E-state index is 12.0. The van der Waals surface area contributed by atoms with Crippen LogP contribution in [0.25, 0.3) is 0 Å². The zero-order valence-electron chi connectivity index (χ0n) is 12.6. The van der Waals surface area contributed by atoms with Gasteiger partial charge in [0, 0.05) is 9.92 Å². The van der Waals surface area contributed by atoms with E-state index in [0.29, 0.717) is 5.02 Å². The van der Waals surface area contributed by atoms with Gasteiger partial charge >= 0.3 is 0 Å². The van der Waals surface area contributed by atoms with Gasteiger partial charge in [-0.25, -0.2) is 0 Å². The first-order valence-corrected chi connectivity index (χ1v) is 8.35. The summed E-state index contributed by atoms with van der Waals surface area (Å²) in [5.41, 5.74) is 5.70. The molecule has 4 nitrogen and oxygen atoms in total. The molecular formula is C17H17ClN2O2S. The SMILES string of the molecule is CC(Sc1ccccc1)C(=O)NNC(=O)Cc1ccc(Cl)cc1. The molecule has 120 valence electrons. The zero-order valence-corrected chi connectivity index (χ0v) is 14.2. The van der Waals surface area contributed by atoms with Crippen molar-refractivity contribution in [1.29, 1.82) is 0 Å². The Hall–Kier alpha value is -1.98. The molecule has 2 aromatic carbocycles. The molecule has 0 aliphatic heterocycles. The fourth-order valence-corrected chi connectivity index (χ4v) is 2.84. The van der Waals surface area contributed by atoms with E-state index in [4.69, 9.17) is 11.6 Å². The van der Waals surface area contributed by atoms with Gasteiger partial charge in [-0.3, -0.25) is 20.4 Å². The van der Waals surface area contributed by atoms with Gasteiger partial charge in [0.1, 0.15) is 0 Å². The molecule has 0 fully saturated rings. The Labute approximate surface area is 144 Å². The molecule has 1 atom stereocenters. The summed E-state index contributed by atoms with van der Waals surface area (Å²) in [7, 11) is 0. The number of amides is 2. The third-order valence-corrected chi connectivity index (χ3v) is 4.39. The number of hydrogen-bond donors (Lipinski definition) is 2. The van der Waals surface area contributed by atoms with Crippen LogP contribution in [0.3, 0.4) is 0 Å². The highest BCUT2D eigenvalue weighted by molar-refractivity contribution is 8.00. The number of benzene rings is 2. The van der Waals surface area contributed by atoms with Gasteiger partial charge in [0.25, 0.3) is 5.91 Å². The third-order valence-electron chi connectivity index (χ3n) is 3.03. The molecule has 0 radical (unpaired) electrons. The van der Waals surface area contributed by atoms with Gasteiger partial charge in [-0.05, 0) is 36.8 Å². The van der Waals surface area contributed by atoms with Crippen LogP contribution >= 0.6 is 23.4 Å². The minimum atomic E-state index is -0.312. The van der Waals surface area contributed by atoms with Crippen molar-refractivity contribution in [3.8, 4) is 0 Å². The molecule has 0 saturated heterocycles. The number of carbonyl (C=O) groups is 2. The Morgan fingerprint density at radius 1 is 1.04 bits per heavy atom. The quantitative estimate of drug-likeness (QED) is 0.644. The maximum Gasteiger partial charge on any atom is 0.251 e. The van der Waals surface area contributed by atoms with Crippen molar-refractivity contribution in [2.45, 2.75) is 23.5 Å². The van der Waals surface area contributed by atoms with E-state index in [1.54, 1.807) is 31.2 Å². The maximum absolute atomic E-state index is 12.0. The van der Waals surface area contributed by atoms with Crippen molar-refractivity contribution in [1.82, 2.24) is 10.9 Å². The van der Waals surface area contributed by atoms with Crippen LogP contribution in [0.2, 0.25) is 5.02 Å². The number of carbonyl (C=O) groups excluding carboxylic acids is 2. The Morgan fingerprint density at radius 3 is 2.35 bits per heavy atom. The van der Waals surface area contributed by atoms with Gasteiger partial charge in [0.15, 0.2) is 0 Å². The number of nitrogens with one attached hydrogen (secondary N) is 2. The Morgan fingerprint density at radius 2 is 1.70 bits per heavy atom. The molecule has 2 amide bonds. The second-order valence-corrected chi connectivity index (χ2v) is 6.76. The van der Waals surface area contributed by atoms with E-state index >= 15 is 0 Å². The minimum Gasteiger partial charge on any atom is -0.273 e. The number of thioether (sulfide) groups is 1. The number of hydrazine groups is 1. The average Bonchev–Trinajstić information content (AvgIpc) is 2.55. The molecule has 0 bridgehead atoms. The van der Waals surface area contributed by atoms with E-state index in [-0.39, 0.29) is 23.5 Å². The van der Waals surface area contributed by atoms with Crippen molar-refractivity contribution in [3.63, 3.8) is 0 Å². The first-order valence-electron chi connectivity index (χ1n) is 7.09. The molecule has 2 rings (SSSR count). The fraction of sp³-hybridized carbons (Fsp3) is 0.176. The highest BCUT2D eigenvalue weighted by Gasteiger charge is 2.15. The summed E-state index contributed by atoms with van der Waals surface area (Å²) in [5.74, 6) is -0.527. The van der Waals surface area contributed by atoms with E-state index < -0.39 is 0 Å². The Kier molecular flexibility index (Phi) is 6.50. The van der Waals surface area contributed by atoms with Gasteiger partial charge in [0.05, 0.1) is 11.7 Å². The molecule has 23 heavy (non-hydrogen) atoms. The first-order chi connectivity index (χ1) is 11.0. The highest BCUT2D eigenvalue weighted by atomic mass is 35.5. The summed E-state index contributed by atoms with van der Waals surface area (Å²) in [6.45, 7) is 1.79. The summed E-state index contributed by atoms with van der Waals surface area (Å²) < 4.78 is 0. The van der Waals surface area contributed by atoms with Gasteiger partial charge in [-0.15, -0.1) is 11.8 Å². The lowest BCUT2D eigenvalue weighted by atomic mass is 10.1. The number of halogens is 1. The van der Waals surface area contributed by atoms with Crippen molar-refractivity contribution in [3.05, 3.63) is 65.2 Å². The smallest absolute Gasteiger partial charge is 0.251 e. The first kappa shape index (κ1) is 17.4. The lowest BCUT2D eigenvalue weighted by molar-refractivity contribution is -0.128. The van der Waals surface area contributed by atoms with E-state index in [1.807, 2.05) is 30.3 Å². The predicted molar refractivity (Wildman–Crippen MR) is 93.2 cm³/mol. The van der Waals surface area contributed by atoms with Crippen LogP contribution in [0, 0.1) is 0 Å². The topological polar surface area (TPSA) is 58.2 Å². The zero-order chi connectivity index (χ0) is 16.7. The average molecular weight is 349 g/mol. The van der Waals surface area contributed by atoms with Crippen molar-refractivity contribution in [2.75, 3.05) is 0 Å². The van der Waals surface area contributed by atoms with E-state index in [2.05, 4.69) is 10.9 Å². The molecule has 0 saturated carbocycles. The monoisotopic (exact) mass is 348 g/mol. The Bertz CT molecular complexity index is 662. The summed E-state index contributed by atoms with van der Waals surface area (Å²) in [5, 5.41) is 0.308. The minimum absolute atomic E-state index is 0.178. The fourth-order valence-electron chi connectivity index (χ4n) is 1.82. The summed E-state index contributed by atoms with van der Waals surface area (Å²) in [6, 6.07) is 16.6. The molecule has 2 N–H and O–H groups in total. The molecule has 6 heteroatoms. The van der Waals surface area contributed by atoms with Gasteiger partial charge in [-0.2, -0.15) is 0 Å². The molecule has 2 aromatic rings. The molecular weight excluding hydrogens is 332 g/mol. The van der Waals surface area contributed by atoms with Crippen molar-refractivity contribution < 1.29 is 9.59 Å². The van der Waals surface area contributed by atoms with E-state index in [1.165, 1.54) is 11.8 Å². The van der Waals surface area contributed by atoms with Crippen molar-refractivity contribution >= 4 is 35.2 Å². The van der Waals surface area contributed by atoms with Crippen LogP contribution in [0.5, 0.6) is 0 Å². The second kappa shape index (κ2) is 8.60. The second-order valence-electron chi connectivity index (χ2n) is 4.91. The highest BCUT2D eigenvalue weighted by Crippen LogP contribution is 2.22. The summed E-state index contributed by atoms with van der Waals surface area (Å²) >= 11 is 7.22. The summed E-state index contributed by atoms with van der Waals surface area (Å²) in [4.78, 5) is 24.8. The molecule has 0 aliphatic rings. The van der Waals surface area contributed by atoms with Gasteiger partial charge in [0.2, 0.25) is 5.91 Å². The van der Waals surface area contributed by atoms with Crippen LogP contribution in [0.1, 0.15) is 12.5 Å². The van der Waals surface area contributed by atoms with Crippen LogP contribution in [0.15, 0.2) is 59.5 Å². The van der Waals surface area contributed by atoms with Gasteiger partial charge < -0.3 is 0 Å². The number of rotatable bonds is 5. The third kappa shape index (κ3) is 5.96. The molecule has 0 aromatic heterocycles. The standard InChI is InChI=1S/C17H17ClN2O2S/c1-12(23-15-5-3-2-4-6-15)17(22)20-19-16(21)11-13-7-9-14(18)10-8-13/h2-10,12H,11H2,1H3,(H,19,21)(H,20,22). The molecule has 0 heterocycles. The normalized spacial score (nSPS) is 11.6. The molecule has 0 spiro atoms. The lowest BCUT2D eigenvalue weighted by Crippen LogP contribution is -2.45. The van der Waals surface area contributed by atoms with Crippen LogP contribution in [0.4, 0.5) is 0 Å². The van der Waals surface area contributed by atoms with Crippen molar-refractivity contribution in [2.24, 2.45) is 0 Å². The van der Waals surface area contributed by atoms with Crippen LogP contribution in [-0.4, -0.2) is 17.1 Å². The Balaban J connectivity index is 1.76. The molecule has 0 aliphatic carbocycles. The van der Waals surface area contributed by atoms with Gasteiger partial charge in [-0.1, -0.05) is 41.9 Å². The lowest BCUT2D eigenvalue weighted by Gasteiger charge is -2.12. The van der Waals surface area contributed by atoms with Crippen LogP contribution < -0.4 is 10.9 Å². The summed E-state index contributed by atoms with van der Waals surface area (Å²) in [6.07, 6.45) is 0.178. The number of hydrogen-bond acceptors (Lipinski definition) is 3. The van der Waals surface area contributed by atoms with E-state index in [9.17, 15) is 9.59 Å². The molecule has 1 unspecified atom stereocenters. The van der Waals surface area contributed by atoms with E-state index in [0.717, 1.165) is 10.5 Å². The predicted octanol–water partition coefficient (Wildman–Crippen LogP) is 3.21.